The molecule has 1 atom stereocenters. The molecule has 0 saturated heterocycles. The number of hydrogen-bond acceptors (Lipinski definition) is 5. The highest BCUT2D eigenvalue weighted by Gasteiger charge is 2.25. The summed E-state index contributed by atoms with van der Waals surface area (Å²) in [6, 6.07) is 9.68. The van der Waals surface area contributed by atoms with E-state index in [0.717, 1.165) is 5.56 Å². The van der Waals surface area contributed by atoms with Crippen molar-refractivity contribution in [1.29, 1.82) is 0 Å². The number of aliphatic hydroxyl groups is 1. The molecule has 1 heterocycles. The Morgan fingerprint density at radius 2 is 2.00 bits per heavy atom. The van der Waals surface area contributed by atoms with Crippen molar-refractivity contribution in [1.82, 2.24) is 9.97 Å². The number of hydrogen-bond donors (Lipinski definition) is 3. The first-order valence-corrected chi connectivity index (χ1v) is 5.66. The number of nitrogens with two attached hydrogens (primary N) is 1. The third-order valence-electron chi connectivity index (χ3n) is 2.78. The fourth-order valence-corrected chi connectivity index (χ4v) is 1.73. The minimum absolute atomic E-state index is 0.0620. The van der Waals surface area contributed by atoms with Gasteiger partial charge in [-0.15, -0.1) is 0 Å². The first kappa shape index (κ1) is 12.3. The van der Waals surface area contributed by atoms with E-state index in [9.17, 15) is 5.11 Å². The van der Waals surface area contributed by atoms with E-state index in [1.165, 1.54) is 6.20 Å². The van der Waals surface area contributed by atoms with Crippen molar-refractivity contribution >= 4 is 11.6 Å². The van der Waals surface area contributed by atoms with Crippen molar-refractivity contribution in [3.63, 3.8) is 0 Å². The van der Waals surface area contributed by atoms with E-state index in [1.54, 1.807) is 6.20 Å². The number of nitrogen functional groups attached to an aromatic ring is 1. The molecule has 0 bridgehead atoms. The molecule has 2 aromatic rings. The van der Waals surface area contributed by atoms with Crippen LogP contribution in [0.2, 0.25) is 0 Å². The summed E-state index contributed by atoms with van der Waals surface area (Å²) in [6.07, 6.45) is 3.05. The molecule has 5 nitrogen and oxygen atoms in total. The molecule has 0 fully saturated rings. The average Bonchev–Trinajstić information content (AvgIpc) is 2.39. The van der Waals surface area contributed by atoms with E-state index in [4.69, 9.17) is 5.73 Å². The molecule has 94 valence electrons. The average molecular weight is 244 g/mol. The number of aliphatic hydroxyl groups excluding tert-OH is 1. The molecule has 2 rings (SSSR count). The summed E-state index contributed by atoms with van der Waals surface area (Å²) in [5.74, 6) is 0.878. The third kappa shape index (κ3) is 2.57. The number of rotatable bonds is 4. The Kier molecular flexibility index (Phi) is 3.43. The highest BCUT2D eigenvalue weighted by atomic mass is 16.3. The molecule has 1 aromatic carbocycles. The van der Waals surface area contributed by atoms with Crippen molar-refractivity contribution < 1.29 is 5.11 Å². The van der Waals surface area contributed by atoms with Gasteiger partial charge in [0.1, 0.15) is 11.6 Å². The Bertz CT molecular complexity index is 517. The molecule has 0 radical (unpaired) electrons. The molecule has 0 saturated carbocycles. The first-order valence-electron chi connectivity index (χ1n) is 5.66. The van der Waals surface area contributed by atoms with Gasteiger partial charge in [-0.25, -0.2) is 4.98 Å². The summed E-state index contributed by atoms with van der Waals surface area (Å²) in [5, 5.41) is 12.8. The second kappa shape index (κ2) is 5.01. The number of nitrogens with one attached hydrogen (secondary N) is 1. The zero-order valence-corrected chi connectivity index (χ0v) is 10.2. The quantitative estimate of drug-likeness (QED) is 0.756. The monoisotopic (exact) mass is 244 g/mol. The Morgan fingerprint density at radius 1 is 1.28 bits per heavy atom. The molecule has 18 heavy (non-hydrogen) atoms. The fraction of sp³-hybridized carbons (Fsp3) is 0.231. The van der Waals surface area contributed by atoms with E-state index >= 15 is 0 Å². The van der Waals surface area contributed by atoms with Gasteiger partial charge < -0.3 is 16.2 Å². The molecule has 0 spiro atoms. The zero-order chi connectivity index (χ0) is 13.0. The van der Waals surface area contributed by atoms with E-state index < -0.39 is 5.54 Å². The van der Waals surface area contributed by atoms with Crippen LogP contribution < -0.4 is 11.1 Å². The van der Waals surface area contributed by atoms with E-state index in [0.29, 0.717) is 11.6 Å². The second-order valence-corrected chi connectivity index (χ2v) is 4.31. The van der Waals surface area contributed by atoms with E-state index in [2.05, 4.69) is 15.3 Å². The molecule has 0 aliphatic heterocycles. The molecular formula is C13H16N4O. The minimum atomic E-state index is -0.621. The second-order valence-electron chi connectivity index (χ2n) is 4.31. The molecule has 0 aliphatic carbocycles. The van der Waals surface area contributed by atoms with Crippen LogP contribution in [0.1, 0.15) is 12.5 Å². The van der Waals surface area contributed by atoms with Crippen LogP contribution in [-0.4, -0.2) is 21.7 Å². The normalized spacial score (nSPS) is 13.9. The lowest BCUT2D eigenvalue weighted by Crippen LogP contribution is -2.36. The molecule has 0 aliphatic rings. The summed E-state index contributed by atoms with van der Waals surface area (Å²) in [7, 11) is 0. The number of benzene rings is 1. The lowest BCUT2D eigenvalue weighted by Gasteiger charge is -2.29. The molecule has 0 amide bonds. The SMILES string of the molecule is CC(CO)(Nc1cncc(N)n1)c1ccccc1. The third-order valence-corrected chi connectivity index (χ3v) is 2.78. The lowest BCUT2D eigenvalue weighted by atomic mass is 9.93. The maximum absolute atomic E-state index is 9.63. The smallest absolute Gasteiger partial charge is 0.147 e. The van der Waals surface area contributed by atoms with E-state index in [-0.39, 0.29) is 6.61 Å². The van der Waals surface area contributed by atoms with Gasteiger partial charge in [-0.3, -0.25) is 4.98 Å². The van der Waals surface area contributed by atoms with Gasteiger partial charge in [0.25, 0.3) is 0 Å². The van der Waals surface area contributed by atoms with Gasteiger partial charge in [0.05, 0.1) is 24.5 Å². The van der Waals surface area contributed by atoms with Crippen LogP contribution in [0, 0.1) is 0 Å². The van der Waals surface area contributed by atoms with E-state index in [1.807, 2.05) is 37.3 Å². The fourth-order valence-electron chi connectivity index (χ4n) is 1.73. The molecule has 5 heteroatoms. The van der Waals surface area contributed by atoms with Gasteiger partial charge in [-0.2, -0.15) is 0 Å². The minimum Gasteiger partial charge on any atom is -0.394 e. The molecule has 1 aromatic heterocycles. The predicted molar refractivity (Wildman–Crippen MR) is 70.9 cm³/mol. The van der Waals surface area contributed by atoms with Gasteiger partial charge >= 0.3 is 0 Å². The molecule has 4 N–H and O–H groups in total. The lowest BCUT2D eigenvalue weighted by molar-refractivity contribution is 0.223. The maximum Gasteiger partial charge on any atom is 0.147 e. The highest BCUT2D eigenvalue weighted by molar-refractivity contribution is 5.43. The largest absolute Gasteiger partial charge is 0.394 e. The van der Waals surface area contributed by atoms with Crippen LogP contribution in [0.15, 0.2) is 42.7 Å². The van der Waals surface area contributed by atoms with Gasteiger partial charge in [-0.05, 0) is 12.5 Å². The summed E-state index contributed by atoms with van der Waals surface area (Å²) >= 11 is 0. The van der Waals surface area contributed by atoms with Crippen molar-refractivity contribution in [2.75, 3.05) is 17.7 Å². The summed E-state index contributed by atoms with van der Waals surface area (Å²) in [4.78, 5) is 8.09. The van der Waals surface area contributed by atoms with Gasteiger partial charge in [0, 0.05) is 0 Å². The van der Waals surface area contributed by atoms with Crippen LogP contribution in [0.5, 0.6) is 0 Å². The standard InChI is InChI=1S/C13H16N4O/c1-13(9-18,10-5-3-2-4-6-10)17-12-8-15-7-11(14)16-12/h2-8,18H,9H2,1H3,(H3,14,16,17). The van der Waals surface area contributed by atoms with Gasteiger partial charge in [0.2, 0.25) is 0 Å². The highest BCUT2D eigenvalue weighted by Crippen LogP contribution is 2.24. The van der Waals surface area contributed by atoms with Crippen LogP contribution in [-0.2, 0) is 5.54 Å². The first-order chi connectivity index (χ1) is 8.64. The van der Waals surface area contributed by atoms with Crippen molar-refractivity contribution in [3.8, 4) is 0 Å². The Labute approximate surface area is 106 Å². The van der Waals surface area contributed by atoms with Gasteiger partial charge in [-0.1, -0.05) is 30.3 Å². The van der Waals surface area contributed by atoms with Crippen LogP contribution >= 0.6 is 0 Å². The van der Waals surface area contributed by atoms with Crippen molar-refractivity contribution in [2.45, 2.75) is 12.5 Å². The predicted octanol–water partition coefficient (Wildman–Crippen LogP) is 1.38. The summed E-state index contributed by atoms with van der Waals surface area (Å²) < 4.78 is 0. The Morgan fingerprint density at radius 3 is 2.61 bits per heavy atom. The summed E-state index contributed by atoms with van der Waals surface area (Å²) in [5.41, 5.74) is 5.93. The summed E-state index contributed by atoms with van der Waals surface area (Å²) in [6.45, 7) is 1.83. The molecule has 1 unspecified atom stereocenters. The maximum atomic E-state index is 9.63. The number of aromatic nitrogens is 2. The molecular weight excluding hydrogens is 228 g/mol. The Hall–Kier alpha value is -2.14. The van der Waals surface area contributed by atoms with Crippen molar-refractivity contribution in [3.05, 3.63) is 48.3 Å². The van der Waals surface area contributed by atoms with Crippen LogP contribution in [0.4, 0.5) is 11.6 Å². The zero-order valence-electron chi connectivity index (χ0n) is 10.2. The number of nitrogens with zero attached hydrogens (tertiary/aromatic N) is 2. The van der Waals surface area contributed by atoms with Crippen LogP contribution in [0.25, 0.3) is 0 Å². The van der Waals surface area contributed by atoms with Crippen molar-refractivity contribution in [2.24, 2.45) is 0 Å². The number of anilines is 2. The Balaban J connectivity index is 2.29. The topological polar surface area (TPSA) is 84.1 Å². The van der Waals surface area contributed by atoms with Crippen LogP contribution in [0.3, 0.4) is 0 Å². The van der Waals surface area contributed by atoms with Gasteiger partial charge in [0.15, 0.2) is 0 Å².